The van der Waals surface area contributed by atoms with Crippen molar-refractivity contribution in [3.8, 4) is 10.4 Å². The maximum Gasteiger partial charge on any atom is 0.516 e. The van der Waals surface area contributed by atoms with Crippen molar-refractivity contribution in [1.82, 2.24) is 10.2 Å². The summed E-state index contributed by atoms with van der Waals surface area (Å²) in [5, 5.41) is 3.13. The van der Waals surface area contributed by atoms with Gasteiger partial charge in [0.25, 0.3) is 5.91 Å². The van der Waals surface area contributed by atoms with Crippen molar-refractivity contribution in [3.05, 3.63) is 41.3 Å². The maximum absolute atomic E-state index is 12.6. The molecule has 6 nitrogen and oxygen atoms in total. The number of thiophene rings is 1. The number of sulfonamides is 1. The predicted molar refractivity (Wildman–Crippen MR) is 109 cm³/mol. The van der Waals surface area contributed by atoms with Gasteiger partial charge in [0.1, 0.15) is 0 Å². The van der Waals surface area contributed by atoms with Gasteiger partial charge in [-0.15, -0.1) is 11.3 Å². The van der Waals surface area contributed by atoms with E-state index in [-0.39, 0.29) is 17.6 Å². The second-order valence-corrected chi connectivity index (χ2v) is 10.3. The number of benzene rings is 1. The smallest absolute Gasteiger partial charge is 0.347 e. The molecule has 1 amide bonds. The average Bonchev–Trinajstić information content (AvgIpc) is 3.19. The molecule has 0 aliphatic carbocycles. The van der Waals surface area contributed by atoms with Crippen LogP contribution in [0, 0.1) is 5.92 Å². The van der Waals surface area contributed by atoms with Crippen LogP contribution in [0.15, 0.2) is 36.4 Å². The van der Waals surface area contributed by atoms with E-state index in [1.165, 1.54) is 40.3 Å². The lowest BCUT2D eigenvalue weighted by molar-refractivity contribution is -0.0429. The van der Waals surface area contributed by atoms with Gasteiger partial charge in [0.15, 0.2) is 0 Å². The molecular weight excluding hydrogens is 439 g/mol. The summed E-state index contributed by atoms with van der Waals surface area (Å²) in [7, 11) is -5.46. The highest BCUT2D eigenvalue weighted by Crippen LogP contribution is 2.32. The van der Waals surface area contributed by atoms with E-state index in [0.29, 0.717) is 16.4 Å². The molecule has 2 aromatic rings. The molecule has 1 aromatic heterocycles. The third-order valence-corrected chi connectivity index (χ3v) is 7.78. The molecule has 11 heteroatoms. The van der Waals surface area contributed by atoms with E-state index in [0.717, 1.165) is 37.4 Å². The number of nitrogens with zero attached hydrogens (tertiary/aromatic N) is 1. The molecule has 3 saturated heterocycles. The lowest BCUT2D eigenvalue weighted by atomic mass is 9.84. The molecule has 1 unspecified atom stereocenters. The Morgan fingerprint density at radius 3 is 2.30 bits per heavy atom. The first-order valence-corrected chi connectivity index (χ1v) is 11.7. The van der Waals surface area contributed by atoms with Gasteiger partial charge >= 0.3 is 15.5 Å². The van der Waals surface area contributed by atoms with E-state index in [4.69, 9.17) is 0 Å². The summed E-state index contributed by atoms with van der Waals surface area (Å²) >= 11 is 1.28. The Hall–Kier alpha value is -2.11. The molecule has 2 bridgehead atoms. The van der Waals surface area contributed by atoms with Crippen molar-refractivity contribution >= 4 is 33.0 Å². The number of nitrogens with one attached hydrogen (secondary N) is 2. The minimum Gasteiger partial charge on any atom is -0.347 e. The van der Waals surface area contributed by atoms with Crippen LogP contribution in [-0.2, 0) is 10.0 Å². The van der Waals surface area contributed by atoms with Gasteiger partial charge in [-0.25, -0.2) is 0 Å². The van der Waals surface area contributed by atoms with Gasteiger partial charge in [-0.2, -0.15) is 21.6 Å². The van der Waals surface area contributed by atoms with Crippen molar-refractivity contribution in [2.45, 2.75) is 24.4 Å². The van der Waals surface area contributed by atoms with E-state index in [1.807, 2.05) is 0 Å². The first-order valence-electron chi connectivity index (χ1n) is 9.45. The molecule has 1 aromatic carbocycles. The highest BCUT2D eigenvalue weighted by atomic mass is 32.2. The Labute approximate surface area is 176 Å². The third-order valence-electron chi connectivity index (χ3n) is 5.53. The van der Waals surface area contributed by atoms with Crippen LogP contribution < -0.4 is 10.0 Å². The Bertz CT molecular complexity index is 1030. The van der Waals surface area contributed by atoms with Crippen molar-refractivity contribution < 1.29 is 26.4 Å². The molecule has 4 heterocycles. The molecule has 2 N–H and O–H groups in total. The quantitative estimate of drug-likeness (QED) is 0.718. The van der Waals surface area contributed by atoms with Crippen LogP contribution in [0.5, 0.6) is 0 Å². The topological polar surface area (TPSA) is 78.5 Å². The molecule has 3 aliphatic heterocycles. The Morgan fingerprint density at radius 1 is 1.07 bits per heavy atom. The fourth-order valence-electron chi connectivity index (χ4n) is 3.90. The number of hydrogen-bond acceptors (Lipinski definition) is 5. The summed E-state index contributed by atoms with van der Waals surface area (Å²) in [6.45, 7) is 3.06. The van der Waals surface area contributed by atoms with Crippen LogP contribution in [-0.4, -0.2) is 50.4 Å². The zero-order chi connectivity index (χ0) is 21.5. The summed E-state index contributed by atoms with van der Waals surface area (Å²) in [5.74, 6) is 0.394. The number of amides is 1. The number of carbonyl (C=O) groups excluding carboxylic acids is 1. The number of piperidine rings is 3. The fourth-order valence-corrected chi connectivity index (χ4v) is 5.38. The SMILES string of the molecule is O=C(NC1CN2CCC1CC2)c1ccc(-c2ccc(NS(=O)(=O)C(F)(F)F)cc2)s1. The second-order valence-electron chi connectivity index (χ2n) is 7.51. The highest BCUT2D eigenvalue weighted by Gasteiger charge is 2.46. The van der Waals surface area contributed by atoms with Crippen molar-refractivity contribution in [2.75, 3.05) is 24.4 Å². The van der Waals surface area contributed by atoms with Crippen molar-refractivity contribution in [1.29, 1.82) is 0 Å². The maximum atomic E-state index is 12.6. The molecule has 5 rings (SSSR count). The average molecular weight is 460 g/mol. The van der Waals surface area contributed by atoms with Gasteiger partial charge in [-0.05, 0) is 61.7 Å². The predicted octanol–water partition coefficient (Wildman–Crippen LogP) is 3.50. The van der Waals surface area contributed by atoms with Crippen LogP contribution in [0.2, 0.25) is 0 Å². The Morgan fingerprint density at radius 2 is 1.73 bits per heavy atom. The van der Waals surface area contributed by atoms with Gasteiger partial charge < -0.3 is 10.2 Å². The molecular formula is C19H20F3N3O3S2. The van der Waals surface area contributed by atoms with Gasteiger partial charge in [0, 0.05) is 23.2 Å². The standard InChI is InChI=1S/C19H20F3N3O3S2/c20-19(21,22)30(27,28)24-14-3-1-13(2-4-14)16-5-6-17(29-16)18(26)23-15-11-25-9-7-12(15)8-10-25/h1-6,12,15,24H,7-11H2,(H,23,26). The normalized spacial score (nSPS) is 23.9. The highest BCUT2D eigenvalue weighted by molar-refractivity contribution is 7.93. The van der Waals surface area contributed by atoms with Crippen molar-refractivity contribution in [2.24, 2.45) is 5.92 Å². The number of alkyl halides is 3. The molecule has 0 radical (unpaired) electrons. The lowest BCUT2D eigenvalue weighted by Crippen LogP contribution is -2.57. The summed E-state index contributed by atoms with van der Waals surface area (Å²) in [6, 6.07) is 9.18. The van der Waals surface area contributed by atoms with Crippen LogP contribution >= 0.6 is 11.3 Å². The van der Waals surface area contributed by atoms with E-state index in [9.17, 15) is 26.4 Å². The van der Waals surface area contributed by atoms with E-state index in [1.54, 1.807) is 12.1 Å². The monoisotopic (exact) mass is 459 g/mol. The van der Waals surface area contributed by atoms with Crippen LogP contribution in [0.4, 0.5) is 18.9 Å². The summed E-state index contributed by atoms with van der Waals surface area (Å²) < 4.78 is 61.3. The molecule has 162 valence electrons. The lowest BCUT2D eigenvalue weighted by Gasteiger charge is -2.44. The van der Waals surface area contributed by atoms with E-state index < -0.39 is 15.5 Å². The number of hydrogen-bond donors (Lipinski definition) is 2. The molecule has 30 heavy (non-hydrogen) atoms. The zero-order valence-electron chi connectivity index (χ0n) is 15.8. The summed E-state index contributed by atoms with van der Waals surface area (Å²) in [6.07, 6.45) is 2.20. The van der Waals surface area contributed by atoms with Gasteiger partial charge in [0.05, 0.1) is 4.88 Å². The van der Waals surface area contributed by atoms with Gasteiger partial charge in [-0.1, -0.05) is 12.1 Å². The summed E-state index contributed by atoms with van der Waals surface area (Å²) in [4.78, 5) is 16.3. The molecule has 3 aliphatic rings. The number of fused-ring (bicyclic) bond motifs is 3. The zero-order valence-corrected chi connectivity index (χ0v) is 17.4. The van der Waals surface area contributed by atoms with Gasteiger partial charge in [0.2, 0.25) is 0 Å². The number of carbonyl (C=O) groups is 1. The molecule has 0 spiro atoms. The van der Waals surface area contributed by atoms with E-state index >= 15 is 0 Å². The molecule has 3 fully saturated rings. The van der Waals surface area contributed by atoms with Gasteiger partial charge in [-0.3, -0.25) is 9.52 Å². The third kappa shape index (κ3) is 4.33. The first-order chi connectivity index (χ1) is 14.1. The largest absolute Gasteiger partial charge is 0.516 e. The number of halogens is 3. The Balaban J connectivity index is 1.42. The molecule has 0 saturated carbocycles. The van der Waals surface area contributed by atoms with Crippen LogP contribution in [0.25, 0.3) is 10.4 Å². The number of rotatable bonds is 5. The van der Waals surface area contributed by atoms with Crippen LogP contribution in [0.1, 0.15) is 22.5 Å². The fraction of sp³-hybridized carbons (Fsp3) is 0.421. The minimum absolute atomic E-state index is 0.125. The minimum atomic E-state index is -5.46. The first kappa shape index (κ1) is 21.1. The van der Waals surface area contributed by atoms with Crippen molar-refractivity contribution in [3.63, 3.8) is 0 Å². The van der Waals surface area contributed by atoms with E-state index in [2.05, 4.69) is 10.2 Å². The summed E-state index contributed by atoms with van der Waals surface area (Å²) in [5.41, 5.74) is -4.89. The Kier molecular flexibility index (Phi) is 5.54. The molecule has 1 atom stereocenters. The number of anilines is 1. The van der Waals surface area contributed by atoms with Crippen LogP contribution in [0.3, 0.4) is 0 Å². The second kappa shape index (κ2) is 7.86.